The van der Waals surface area contributed by atoms with Gasteiger partial charge >= 0.3 is 0 Å². The number of thiazole rings is 1. The highest BCUT2D eigenvalue weighted by Gasteiger charge is 2.26. The number of aromatic nitrogens is 1. The van der Waals surface area contributed by atoms with Gasteiger partial charge in [0.1, 0.15) is 11.5 Å². The van der Waals surface area contributed by atoms with Crippen molar-refractivity contribution >= 4 is 17.2 Å². The van der Waals surface area contributed by atoms with Crippen LogP contribution in [0.3, 0.4) is 0 Å². The largest absolute Gasteiger partial charge is 0.466 e. The Morgan fingerprint density at radius 2 is 2.32 bits per heavy atom. The molecular formula is C14H16N2O2S. The molecule has 4 nitrogen and oxygen atoms in total. The van der Waals surface area contributed by atoms with E-state index < -0.39 is 0 Å². The molecule has 3 rings (SSSR count). The Hall–Kier alpha value is -1.62. The second-order valence-corrected chi connectivity index (χ2v) is 5.85. The third kappa shape index (κ3) is 2.71. The summed E-state index contributed by atoms with van der Waals surface area (Å²) in [6.07, 6.45) is 2.51. The number of nitrogens with zero attached hydrogens (tertiary/aromatic N) is 1. The number of amides is 1. The van der Waals surface area contributed by atoms with Gasteiger partial charge in [0, 0.05) is 11.3 Å². The Labute approximate surface area is 115 Å². The van der Waals surface area contributed by atoms with Crippen molar-refractivity contribution < 1.29 is 9.21 Å². The molecule has 100 valence electrons. The average Bonchev–Trinajstić information content (AvgIpc) is 3.02. The van der Waals surface area contributed by atoms with E-state index in [1.165, 1.54) is 17.8 Å². The predicted molar refractivity (Wildman–Crippen MR) is 73.4 cm³/mol. The second kappa shape index (κ2) is 4.81. The van der Waals surface area contributed by atoms with Crippen LogP contribution >= 0.6 is 11.3 Å². The fourth-order valence-electron chi connectivity index (χ4n) is 2.04. The van der Waals surface area contributed by atoms with Crippen molar-refractivity contribution in [1.29, 1.82) is 0 Å². The van der Waals surface area contributed by atoms with Crippen molar-refractivity contribution in [2.75, 3.05) is 0 Å². The lowest BCUT2D eigenvalue weighted by Gasteiger charge is -2.01. The predicted octanol–water partition coefficient (Wildman–Crippen LogP) is 3.16. The highest BCUT2D eigenvalue weighted by molar-refractivity contribution is 7.09. The van der Waals surface area contributed by atoms with E-state index in [1.54, 1.807) is 24.3 Å². The zero-order chi connectivity index (χ0) is 13.4. The number of aryl methyl sites for hydroxylation is 2. The van der Waals surface area contributed by atoms with Crippen molar-refractivity contribution in [2.45, 2.75) is 39.2 Å². The van der Waals surface area contributed by atoms with E-state index in [0.717, 1.165) is 11.5 Å². The molecule has 1 fully saturated rings. The van der Waals surface area contributed by atoms with Crippen LogP contribution < -0.4 is 5.32 Å². The summed E-state index contributed by atoms with van der Waals surface area (Å²) < 4.78 is 5.36. The van der Waals surface area contributed by atoms with E-state index in [9.17, 15) is 4.79 Å². The second-order valence-electron chi connectivity index (χ2n) is 4.96. The summed E-state index contributed by atoms with van der Waals surface area (Å²) in [5.74, 6) is 1.99. The van der Waals surface area contributed by atoms with Crippen LogP contribution in [-0.4, -0.2) is 10.9 Å². The van der Waals surface area contributed by atoms with Gasteiger partial charge in [-0.15, -0.1) is 11.3 Å². The number of rotatable bonds is 4. The van der Waals surface area contributed by atoms with Gasteiger partial charge in [0.2, 0.25) is 0 Å². The van der Waals surface area contributed by atoms with Gasteiger partial charge in [0.05, 0.1) is 22.8 Å². The lowest BCUT2D eigenvalue weighted by Crippen LogP contribution is -2.23. The number of furan rings is 1. The van der Waals surface area contributed by atoms with Crippen molar-refractivity contribution in [3.63, 3.8) is 0 Å². The molecule has 1 N–H and O–H groups in total. The minimum Gasteiger partial charge on any atom is -0.466 e. The molecule has 0 bridgehead atoms. The fourth-order valence-corrected chi connectivity index (χ4v) is 3.03. The maximum Gasteiger partial charge on any atom is 0.255 e. The molecule has 0 atom stereocenters. The minimum absolute atomic E-state index is 0.102. The molecule has 2 aromatic heterocycles. The third-order valence-electron chi connectivity index (χ3n) is 3.21. The SMILES string of the molecule is Cc1cc(C(=O)NCc2csc(C3CC3)n2)c(C)o1. The number of carbonyl (C=O) groups excluding carboxylic acids is 1. The molecule has 1 amide bonds. The monoisotopic (exact) mass is 276 g/mol. The Morgan fingerprint density at radius 1 is 1.53 bits per heavy atom. The molecule has 1 aliphatic rings. The number of hydrogen-bond acceptors (Lipinski definition) is 4. The van der Waals surface area contributed by atoms with Gasteiger partial charge < -0.3 is 9.73 Å². The van der Waals surface area contributed by atoms with Crippen LogP contribution in [0.2, 0.25) is 0 Å². The first kappa shape index (κ1) is 12.4. The molecule has 0 saturated heterocycles. The van der Waals surface area contributed by atoms with Gasteiger partial charge in [0.25, 0.3) is 5.91 Å². The van der Waals surface area contributed by atoms with Gasteiger partial charge in [0.15, 0.2) is 0 Å². The van der Waals surface area contributed by atoms with Crippen molar-refractivity contribution in [3.8, 4) is 0 Å². The van der Waals surface area contributed by atoms with E-state index in [2.05, 4.69) is 10.3 Å². The van der Waals surface area contributed by atoms with E-state index in [0.29, 0.717) is 23.8 Å². The average molecular weight is 276 g/mol. The summed E-state index contributed by atoms with van der Waals surface area (Å²) in [4.78, 5) is 16.6. The first-order valence-electron chi connectivity index (χ1n) is 6.43. The first-order valence-corrected chi connectivity index (χ1v) is 7.31. The number of carbonyl (C=O) groups is 1. The van der Waals surface area contributed by atoms with Crippen LogP contribution in [0.15, 0.2) is 15.9 Å². The summed E-state index contributed by atoms with van der Waals surface area (Å²) in [5, 5.41) is 6.12. The zero-order valence-corrected chi connectivity index (χ0v) is 11.8. The molecule has 5 heteroatoms. The van der Waals surface area contributed by atoms with E-state index >= 15 is 0 Å². The highest BCUT2D eigenvalue weighted by atomic mass is 32.1. The Morgan fingerprint density at radius 3 is 2.95 bits per heavy atom. The quantitative estimate of drug-likeness (QED) is 0.933. The van der Waals surface area contributed by atoms with Crippen LogP contribution in [0, 0.1) is 13.8 Å². The summed E-state index contributed by atoms with van der Waals surface area (Å²) in [6, 6.07) is 1.77. The number of hydrogen-bond donors (Lipinski definition) is 1. The standard InChI is InChI=1S/C14H16N2O2S/c1-8-5-12(9(2)18-8)13(17)15-6-11-7-19-14(16-11)10-3-4-10/h5,7,10H,3-4,6H2,1-2H3,(H,15,17). The number of nitrogens with one attached hydrogen (secondary N) is 1. The molecule has 1 aliphatic carbocycles. The van der Waals surface area contributed by atoms with Gasteiger partial charge in [-0.2, -0.15) is 0 Å². The van der Waals surface area contributed by atoms with Crippen LogP contribution in [0.25, 0.3) is 0 Å². The molecular weight excluding hydrogens is 260 g/mol. The Bertz CT molecular complexity index is 611. The molecule has 1 saturated carbocycles. The van der Waals surface area contributed by atoms with Crippen molar-refractivity contribution in [2.24, 2.45) is 0 Å². The highest BCUT2D eigenvalue weighted by Crippen LogP contribution is 2.41. The lowest BCUT2D eigenvalue weighted by atomic mass is 10.2. The van der Waals surface area contributed by atoms with Gasteiger partial charge in [-0.1, -0.05) is 0 Å². The molecule has 0 spiro atoms. The van der Waals surface area contributed by atoms with Crippen LogP contribution in [0.5, 0.6) is 0 Å². The third-order valence-corrected chi connectivity index (χ3v) is 4.27. The molecule has 2 aromatic rings. The molecule has 19 heavy (non-hydrogen) atoms. The fraction of sp³-hybridized carbons (Fsp3) is 0.429. The van der Waals surface area contributed by atoms with Crippen LogP contribution in [0.4, 0.5) is 0 Å². The van der Waals surface area contributed by atoms with Gasteiger partial charge in [-0.3, -0.25) is 4.79 Å². The molecule has 2 heterocycles. The smallest absolute Gasteiger partial charge is 0.255 e. The van der Waals surface area contributed by atoms with Crippen LogP contribution in [0.1, 0.15) is 51.3 Å². The normalized spacial score (nSPS) is 14.6. The molecule has 0 radical (unpaired) electrons. The topological polar surface area (TPSA) is 55.1 Å². The summed E-state index contributed by atoms with van der Waals surface area (Å²) in [5.41, 5.74) is 1.55. The van der Waals surface area contributed by atoms with Crippen molar-refractivity contribution in [3.05, 3.63) is 39.2 Å². The van der Waals surface area contributed by atoms with Gasteiger partial charge in [-0.05, 0) is 32.8 Å². The van der Waals surface area contributed by atoms with Crippen molar-refractivity contribution in [1.82, 2.24) is 10.3 Å². The van der Waals surface area contributed by atoms with Gasteiger partial charge in [-0.25, -0.2) is 4.98 Å². The summed E-state index contributed by atoms with van der Waals surface area (Å²) >= 11 is 1.69. The molecule has 0 aromatic carbocycles. The van der Waals surface area contributed by atoms with E-state index in [4.69, 9.17) is 4.42 Å². The Balaban J connectivity index is 1.61. The molecule has 0 aliphatic heterocycles. The van der Waals surface area contributed by atoms with E-state index in [1.807, 2.05) is 12.3 Å². The lowest BCUT2D eigenvalue weighted by molar-refractivity contribution is 0.0949. The maximum atomic E-state index is 12.0. The minimum atomic E-state index is -0.102. The van der Waals surface area contributed by atoms with Crippen LogP contribution in [-0.2, 0) is 6.54 Å². The maximum absolute atomic E-state index is 12.0. The first-order chi connectivity index (χ1) is 9.13. The Kier molecular flexibility index (Phi) is 3.14. The molecule has 0 unspecified atom stereocenters. The summed E-state index contributed by atoms with van der Waals surface area (Å²) in [7, 11) is 0. The zero-order valence-electron chi connectivity index (χ0n) is 11.0. The summed E-state index contributed by atoms with van der Waals surface area (Å²) in [6.45, 7) is 4.12. The van der Waals surface area contributed by atoms with E-state index in [-0.39, 0.29) is 5.91 Å².